The van der Waals surface area contributed by atoms with Gasteiger partial charge in [-0.1, -0.05) is 36.9 Å². The summed E-state index contributed by atoms with van der Waals surface area (Å²) in [6, 6.07) is 22.2. The number of rotatable bonds is 20. The number of phenols is 1. The lowest BCUT2D eigenvalue weighted by molar-refractivity contribution is 0.283. The topological polar surface area (TPSA) is 290 Å². The van der Waals surface area contributed by atoms with Gasteiger partial charge in [0.25, 0.3) is 10.1 Å². The molecule has 0 aliphatic carbocycles. The normalized spacial score (nSPS) is 12.5. The number of hydrogen-bond acceptors (Lipinski definition) is 18. The molecule has 5 aromatic carbocycles. The van der Waals surface area contributed by atoms with Gasteiger partial charge in [-0.2, -0.15) is 21.9 Å². The minimum Gasteiger partial charge on any atom is -0.505 e. The Morgan fingerprint density at radius 2 is 1.44 bits per heavy atom. The third-order valence-electron chi connectivity index (χ3n) is 8.97. The van der Waals surface area contributed by atoms with Gasteiger partial charge in [0.05, 0.1) is 43.7 Å². The molecule has 0 fully saturated rings. The quantitative estimate of drug-likeness (QED) is 0.0459. The van der Waals surface area contributed by atoms with Gasteiger partial charge < -0.3 is 24.8 Å². The van der Waals surface area contributed by atoms with Gasteiger partial charge in [-0.25, -0.2) is 21.0 Å². The number of para-hydroxylation sites is 1. The van der Waals surface area contributed by atoms with Crippen LogP contribution in [0.15, 0.2) is 127 Å². The van der Waals surface area contributed by atoms with Crippen LogP contribution in [-0.4, -0.2) is 93.8 Å². The molecule has 0 aromatic heterocycles. The summed E-state index contributed by atoms with van der Waals surface area (Å²) < 4.78 is 132. The predicted molar refractivity (Wildman–Crippen MR) is 230 cm³/mol. The summed E-state index contributed by atoms with van der Waals surface area (Å²) in [6.07, 6.45) is 0. The maximum Gasteiger partial charge on any atom is 0.397 e. The molecular weight excluding hydrogens is 893 g/mol. The van der Waals surface area contributed by atoms with Crippen molar-refractivity contribution in [3.8, 4) is 17.2 Å². The average molecular weight is 933 g/mol. The van der Waals surface area contributed by atoms with E-state index in [4.69, 9.17) is 14.0 Å². The number of nitrogens with zero attached hydrogens (tertiary/aromatic N) is 5. The first kappa shape index (κ1) is 47.0. The van der Waals surface area contributed by atoms with Crippen molar-refractivity contribution in [3.05, 3.63) is 102 Å². The van der Waals surface area contributed by atoms with Crippen LogP contribution >= 0.6 is 0 Å². The fraction of sp³-hybridized carbons (Fsp3) is 0.211. The molecule has 4 N–H and O–H groups in total. The van der Waals surface area contributed by atoms with Crippen molar-refractivity contribution in [1.82, 2.24) is 0 Å². The summed E-state index contributed by atoms with van der Waals surface area (Å²) in [5.74, 6) is -2.37. The number of methoxy groups -OCH3 is 2. The molecule has 24 heteroatoms. The number of fused-ring (bicyclic) bond motifs is 1. The zero-order chi connectivity index (χ0) is 45.5. The largest absolute Gasteiger partial charge is 0.505 e. The number of nitrogens with one attached hydrogen (secondary N) is 1. The van der Waals surface area contributed by atoms with Crippen LogP contribution in [-0.2, 0) is 50.9 Å². The molecule has 5 aromatic rings. The van der Waals surface area contributed by atoms with E-state index in [9.17, 15) is 43.3 Å². The summed E-state index contributed by atoms with van der Waals surface area (Å²) in [7, 11) is -14.0. The van der Waals surface area contributed by atoms with Gasteiger partial charge >= 0.3 is 10.4 Å². The first-order chi connectivity index (χ1) is 29.2. The highest BCUT2D eigenvalue weighted by molar-refractivity contribution is 7.94. The molecule has 20 nitrogen and oxygen atoms in total. The lowest BCUT2D eigenvalue weighted by atomic mass is 10.1. The molecule has 5 rings (SSSR count). The first-order valence-corrected chi connectivity index (χ1v) is 24.0. The number of anilines is 2. The van der Waals surface area contributed by atoms with E-state index < -0.39 is 73.8 Å². The molecule has 0 unspecified atom stereocenters. The number of hydrogen-bond donors (Lipinski definition) is 4. The van der Waals surface area contributed by atoms with E-state index in [0.717, 1.165) is 49.1 Å². The Kier molecular flexibility index (Phi) is 14.7. The molecule has 0 radical (unpaired) electrons. The molecule has 0 heterocycles. The molecule has 62 heavy (non-hydrogen) atoms. The van der Waals surface area contributed by atoms with Crippen LogP contribution in [0.4, 0.5) is 34.1 Å². The highest BCUT2D eigenvalue weighted by Crippen LogP contribution is 2.47. The zero-order valence-corrected chi connectivity index (χ0v) is 36.4. The molecule has 0 aliphatic heterocycles. The second kappa shape index (κ2) is 19.4. The maximum atomic E-state index is 13.0. The van der Waals surface area contributed by atoms with Crippen molar-refractivity contribution in [2.24, 2.45) is 20.5 Å². The third-order valence-corrected chi connectivity index (χ3v) is 13.2. The van der Waals surface area contributed by atoms with E-state index in [2.05, 4.69) is 36.5 Å². The second-order valence-electron chi connectivity index (χ2n) is 13.0. The second-order valence-corrected chi connectivity index (χ2v) is 19.6. The van der Waals surface area contributed by atoms with Crippen LogP contribution in [0.5, 0.6) is 17.2 Å². The minimum absolute atomic E-state index is 0.0131. The zero-order valence-electron chi connectivity index (χ0n) is 33.1. The molecule has 0 spiro atoms. The number of sulfone groups is 2. The number of ether oxygens (including phenoxy) is 2. The van der Waals surface area contributed by atoms with Gasteiger partial charge in [0.15, 0.2) is 25.4 Å². The first-order valence-electron chi connectivity index (χ1n) is 17.9. The Bertz CT molecular complexity index is 3000. The lowest BCUT2D eigenvalue weighted by Gasteiger charge is -2.25. The van der Waals surface area contributed by atoms with Crippen LogP contribution < -0.4 is 19.7 Å². The summed E-state index contributed by atoms with van der Waals surface area (Å²) in [5, 5.41) is 32.1. The summed E-state index contributed by atoms with van der Waals surface area (Å²) in [6.45, 7) is 2.94. The molecule has 0 aliphatic rings. The Morgan fingerprint density at radius 1 is 0.742 bits per heavy atom. The lowest BCUT2D eigenvalue weighted by Crippen LogP contribution is -2.28. The van der Waals surface area contributed by atoms with Gasteiger partial charge in [0, 0.05) is 54.1 Å². The van der Waals surface area contributed by atoms with E-state index in [1.165, 1.54) is 12.1 Å². The molecule has 0 saturated carbocycles. The van der Waals surface area contributed by atoms with Gasteiger partial charge in [-0.05, 0) is 48.0 Å². The number of phenolic OH excluding ortho intramolecular Hbond substituents is 1. The van der Waals surface area contributed by atoms with Crippen molar-refractivity contribution < 1.29 is 61.5 Å². The highest BCUT2D eigenvalue weighted by Gasteiger charge is 2.27. The summed E-state index contributed by atoms with van der Waals surface area (Å²) >= 11 is 0. The van der Waals surface area contributed by atoms with Crippen LogP contribution in [0.1, 0.15) is 5.56 Å². The van der Waals surface area contributed by atoms with Crippen molar-refractivity contribution in [2.75, 3.05) is 56.1 Å². The minimum atomic E-state index is -5.15. The van der Waals surface area contributed by atoms with E-state index in [0.29, 0.717) is 17.9 Å². The van der Waals surface area contributed by atoms with Crippen molar-refractivity contribution in [3.63, 3.8) is 0 Å². The van der Waals surface area contributed by atoms with E-state index in [1.54, 1.807) is 25.2 Å². The summed E-state index contributed by atoms with van der Waals surface area (Å²) in [5.41, 5.74) is 1.38. The van der Waals surface area contributed by atoms with Gasteiger partial charge in [0.1, 0.15) is 38.4 Å². The average Bonchev–Trinajstić information content (AvgIpc) is 3.22. The van der Waals surface area contributed by atoms with Crippen molar-refractivity contribution in [2.45, 2.75) is 16.3 Å². The molecule has 0 atom stereocenters. The fourth-order valence-electron chi connectivity index (χ4n) is 5.95. The monoisotopic (exact) mass is 932 g/mol. The molecule has 0 saturated heterocycles. The summed E-state index contributed by atoms with van der Waals surface area (Å²) in [4.78, 5) is 0.515. The third kappa shape index (κ3) is 11.7. The number of aromatic hydroxyl groups is 1. The molecule has 0 bridgehead atoms. The van der Waals surface area contributed by atoms with E-state index in [1.807, 2.05) is 41.3 Å². The van der Waals surface area contributed by atoms with Gasteiger partial charge in [-0.15, -0.1) is 15.3 Å². The van der Waals surface area contributed by atoms with Crippen LogP contribution in [0, 0.1) is 0 Å². The van der Waals surface area contributed by atoms with Crippen molar-refractivity contribution >= 4 is 85.1 Å². The van der Waals surface area contributed by atoms with E-state index >= 15 is 0 Å². The molecule has 330 valence electrons. The van der Waals surface area contributed by atoms with Crippen LogP contribution in [0.2, 0.25) is 0 Å². The van der Waals surface area contributed by atoms with Crippen molar-refractivity contribution in [1.29, 1.82) is 0 Å². The SMILES string of the molecule is C=CS(=O)(=O)CCN(Cc1cccc(N=Nc2c(NC)ccc3c(O)c(N=Nc4cc(OC)c(S(=O)(=O)CCOS(=O)(=O)O)cc4OC)c(S(=O)(=O)O)cc23)c1)c1ccccc1. The Labute approximate surface area is 357 Å². The molecular formula is C38H40N6O14S4. The maximum absolute atomic E-state index is 13.0. The van der Waals surface area contributed by atoms with E-state index in [-0.39, 0.29) is 45.9 Å². The van der Waals surface area contributed by atoms with Gasteiger partial charge in [-0.3, -0.25) is 9.11 Å². The Balaban J connectivity index is 1.54. The molecule has 0 amide bonds. The Hall–Kier alpha value is -6.02. The van der Waals surface area contributed by atoms with Gasteiger partial charge in [0.2, 0.25) is 0 Å². The smallest absolute Gasteiger partial charge is 0.397 e. The Morgan fingerprint density at radius 3 is 2.06 bits per heavy atom. The van der Waals surface area contributed by atoms with Crippen LogP contribution in [0.3, 0.4) is 0 Å². The number of benzene rings is 5. The standard InChI is InChI=1S/C38H40N6O14S4/c1-5-59(46,47)18-16-44(27-12-7-6-8-13-27)24-25-10-9-11-26(20-25)40-42-36-29-21-35(61(50,51)52)37(38(45)28(29)14-15-30(36)39-2)43-41-31-22-33(57-4)34(23-32(31)56-3)60(48,49)19-17-58-62(53,54)55/h5-15,20-23,39,45H,1,16-19,24H2,2-4H3,(H,50,51,52)(H,53,54,55). The highest BCUT2D eigenvalue weighted by atomic mass is 32.3. The van der Waals surface area contributed by atoms with Crippen LogP contribution in [0.25, 0.3) is 10.8 Å². The fourth-order valence-corrected chi connectivity index (χ4v) is 8.90. The number of azo groups is 2. The predicted octanol–water partition coefficient (Wildman–Crippen LogP) is 6.84.